The van der Waals surface area contributed by atoms with E-state index in [-0.39, 0.29) is 22.3 Å². The minimum atomic E-state index is -4.58. The van der Waals surface area contributed by atoms with Gasteiger partial charge in [-0.15, -0.1) is 0 Å². The smallest absolute Gasteiger partial charge is 0.451 e. The van der Waals surface area contributed by atoms with Crippen LogP contribution in [-0.2, 0) is 12.6 Å². The molecule has 2 aromatic rings. The van der Waals surface area contributed by atoms with Crippen LogP contribution in [0.4, 0.5) is 13.2 Å². The van der Waals surface area contributed by atoms with Gasteiger partial charge in [-0.25, -0.2) is 9.97 Å². The molecule has 0 aliphatic rings. The van der Waals surface area contributed by atoms with Crippen LogP contribution in [0.3, 0.4) is 0 Å². The third kappa shape index (κ3) is 2.02. The quantitative estimate of drug-likeness (QED) is 0.836. The minimum Gasteiger partial charge on any atom is -0.507 e. The molecule has 2 rings (SSSR count). The molecule has 17 heavy (non-hydrogen) atoms. The largest absolute Gasteiger partial charge is 0.507 e. The van der Waals surface area contributed by atoms with Crippen molar-refractivity contribution in [2.45, 2.75) is 19.5 Å². The number of hydrogen-bond acceptors (Lipinski definition) is 3. The van der Waals surface area contributed by atoms with Gasteiger partial charge in [0.1, 0.15) is 5.75 Å². The van der Waals surface area contributed by atoms with Gasteiger partial charge in [-0.3, -0.25) is 0 Å². The summed E-state index contributed by atoms with van der Waals surface area (Å²) >= 11 is 0. The highest BCUT2D eigenvalue weighted by Gasteiger charge is 2.35. The molecule has 6 heteroatoms. The Balaban J connectivity index is 2.80. The third-order valence-corrected chi connectivity index (χ3v) is 2.36. The molecule has 1 aromatic carbocycles. The van der Waals surface area contributed by atoms with Crippen molar-refractivity contribution < 1.29 is 18.3 Å². The lowest BCUT2D eigenvalue weighted by Gasteiger charge is -2.10. The van der Waals surface area contributed by atoms with Crippen molar-refractivity contribution in [1.82, 2.24) is 9.97 Å². The Labute approximate surface area is 94.9 Å². The van der Waals surface area contributed by atoms with Gasteiger partial charge in [0.05, 0.1) is 16.6 Å². The fraction of sp³-hybridized carbons (Fsp3) is 0.273. The topological polar surface area (TPSA) is 46.0 Å². The van der Waals surface area contributed by atoms with Crippen LogP contribution in [0.1, 0.15) is 18.4 Å². The Morgan fingerprint density at radius 3 is 2.53 bits per heavy atom. The van der Waals surface area contributed by atoms with Crippen LogP contribution in [-0.4, -0.2) is 15.1 Å². The number of phenols is 1. The summed E-state index contributed by atoms with van der Waals surface area (Å²) in [7, 11) is 0. The molecule has 0 unspecified atom stereocenters. The molecule has 90 valence electrons. The summed E-state index contributed by atoms with van der Waals surface area (Å²) in [6.07, 6.45) is -4.29. The average Bonchev–Trinajstić information content (AvgIpc) is 2.26. The summed E-state index contributed by atoms with van der Waals surface area (Å²) < 4.78 is 37.6. The zero-order chi connectivity index (χ0) is 12.6. The molecule has 1 aromatic heterocycles. The van der Waals surface area contributed by atoms with Crippen molar-refractivity contribution >= 4 is 10.9 Å². The number of aromatic nitrogens is 2. The lowest BCUT2D eigenvalue weighted by Crippen LogP contribution is -2.12. The monoisotopic (exact) mass is 242 g/mol. The second-order valence-electron chi connectivity index (χ2n) is 3.52. The van der Waals surface area contributed by atoms with Crippen LogP contribution in [0.2, 0.25) is 0 Å². The van der Waals surface area contributed by atoms with Crippen molar-refractivity contribution in [3.63, 3.8) is 0 Å². The predicted octanol–water partition coefficient (Wildman–Crippen LogP) is 2.92. The van der Waals surface area contributed by atoms with Crippen LogP contribution in [0, 0.1) is 0 Å². The van der Waals surface area contributed by atoms with E-state index in [1.54, 1.807) is 6.92 Å². The van der Waals surface area contributed by atoms with Crippen LogP contribution in [0.5, 0.6) is 5.75 Å². The predicted molar refractivity (Wildman–Crippen MR) is 55.6 cm³/mol. The number of benzene rings is 1. The molecule has 0 spiro atoms. The van der Waals surface area contributed by atoms with E-state index < -0.39 is 12.0 Å². The molecule has 0 aliphatic heterocycles. The summed E-state index contributed by atoms with van der Waals surface area (Å²) in [5.74, 6) is -1.28. The minimum absolute atomic E-state index is 0.101. The Bertz CT molecular complexity index is 566. The zero-order valence-corrected chi connectivity index (χ0v) is 8.91. The van der Waals surface area contributed by atoms with Crippen molar-refractivity contribution in [2.24, 2.45) is 0 Å². The normalized spacial score (nSPS) is 12.0. The summed E-state index contributed by atoms with van der Waals surface area (Å²) in [6.45, 7) is 1.67. The van der Waals surface area contributed by atoms with E-state index in [1.807, 2.05) is 0 Å². The van der Waals surface area contributed by atoms with Crippen LogP contribution < -0.4 is 0 Å². The molecule has 0 atom stereocenters. The second-order valence-corrected chi connectivity index (χ2v) is 3.52. The maximum Gasteiger partial charge on any atom is 0.451 e. The van der Waals surface area contributed by atoms with Crippen LogP contribution in [0.15, 0.2) is 18.2 Å². The van der Waals surface area contributed by atoms with Gasteiger partial charge in [0.2, 0.25) is 5.82 Å². The maximum atomic E-state index is 12.5. The fourth-order valence-electron chi connectivity index (χ4n) is 1.62. The maximum absolute atomic E-state index is 12.5. The molecule has 3 nitrogen and oxygen atoms in total. The van der Waals surface area contributed by atoms with E-state index in [0.717, 1.165) is 0 Å². The Kier molecular flexibility index (Phi) is 2.65. The standard InChI is InChI=1S/C11H9F3N2O/c1-2-6-9-7(4-3-5-8(9)17)16-10(15-6)11(12,13)14/h3-5,17H,2H2,1H3. The number of rotatable bonds is 1. The first kappa shape index (κ1) is 11.6. The van der Waals surface area contributed by atoms with Crippen LogP contribution in [0.25, 0.3) is 10.9 Å². The van der Waals surface area contributed by atoms with E-state index in [9.17, 15) is 18.3 Å². The summed E-state index contributed by atoms with van der Waals surface area (Å²) in [6, 6.07) is 4.27. The molecule has 1 N–H and O–H groups in total. The molecule has 0 fully saturated rings. The van der Waals surface area contributed by atoms with Gasteiger partial charge in [-0.1, -0.05) is 13.0 Å². The van der Waals surface area contributed by atoms with Gasteiger partial charge in [-0.05, 0) is 18.6 Å². The summed E-state index contributed by atoms with van der Waals surface area (Å²) in [4.78, 5) is 6.88. The van der Waals surface area contributed by atoms with Gasteiger partial charge in [-0.2, -0.15) is 13.2 Å². The number of aromatic hydroxyl groups is 1. The Morgan fingerprint density at radius 1 is 1.24 bits per heavy atom. The van der Waals surface area contributed by atoms with Gasteiger partial charge >= 0.3 is 6.18 Å². The average molecular weight is 242 g/mol. The number of hydrogen-bond donors (Lipinski definition) is 1. The summed E-state index contributed by atoms with van der Waals surface area (Å²) in [5.41, 5.74) is 0.296. The van der Waals surface area contributed by atoms with E-state index in [0.29, 0.717) is 6.42 Å². The molecular weight excluding hydrogens is 233 g/mol. The lowest BCUT2D eigenvalue weighted by molar-refractivity contribution is -0.144. The van der Waals surface area contributed by atoms with Crippen LogP contribution >= 0.6 is 0 Å². The van der Waals surface area contributed by atoms with Gasteiger partial charge < -0.3 is 5.11 Å². The van der Waals surface area contributed by atoms with E-state index in [2.05, 4.69) is 9.97 Å². The SMILES string of the molecule is CCc1nc(C(F)(F)F)nc2cccc(O)c12. The highest BCUT2D eigenvalue weighted by atomic mass is 19.4. The molecule has 1 heterocycles. The highest BCUT2D eigenvalue weighted by Crippen LogP contribution is 2.31. The van der Waals surface area contributed by atoms with Crippen molar-refractivity contribution in [1.29, 1.82) is 0 Å². The van der Waals surface area contributed by atoms with E-state index in [1.165, 1.54) is 18.2 Å². The Hall–Kier alpha value is -1.85. The number of alkyl halides is 3. The first-order chi connectivity index (χ1) is 7.93. The van der Waals surface area contributed by atoms with Gasteiger partial charge in [0.15, 0.2) is 0 Å². The van der Waals surface area contributed by atoms with Crippen molar-refractivity contribution in [3.8, 4) is 5.75 Å². The number of halogens is 3. The lowest BCUT2D eigenvalue weighted by atomic mass is 10.1. The van der Waals surface area contributed by atoms with Gasteiger partial charge in [0, 0.05) is 0 Å². The summed E-state index contributed by atoms with van der Waals surface area (Å²) in [5, 5.41) is 9.90. The number of nitrogens with zero attached hydrogens (tertiary/aromatic N) is 2. The zero-order valence-electron chi connectivity index (χ0n) is 8.91. The molecule has 0 radical (unpaired) electrons. The second kappa shape index (κ2) is 3.87. The number of phenolic OH excluding ortho intramolecular Hbond substituents is 1. The van der Waals surface area contributed by atoms with E-state index >= 15 is 0 Å². The number of fused-ring (bicyclic) bond motifs is 1. The molecular formula is C11H9F3N2O. The first-order valence-electron chi connectivity index (χ1n) is 4.99. The highest BCUT2D eigenvalue weighted by molar-refractivity contribution is 5.87. The molecule has 0 saturated carbocycles. The van der Waals surface area contributed by atoms with E-state index in [4.69, 9.17) is 0 Å². The Morgan fingerprint density at radius 2 is 1.94 bits per heavy atom. The van der Waals surface area contributed by atoms with Crippen molar-refractivity contribution in [2.75, 3.05) is 0 Å². The number of aryl methyl sites for hydroxylation is 1. The molecule has 0 bridgehead atoms. The van der Waals surface area contributed by atoms with Crippen molar-refractivity contribution in [3.05, 3.63) is 29.7 Å². The fourth-order valence-corrected chi connectivity index (χ4v) is 1.62. The van der Waals surface area contributed by atoms with Gasteiger partial charge in [0.25, 0.3) is 0 Å². The molecule has 0 amide bonds. The molecule has 0 saturated heterocycles. The third-order valence-electron chi connectivity index (χ3n) is 2.36. The first-order valence-corrected chi connectivity index (χ1v) is 4.99. The molecule has 0 aliphatic carbocycles.